The van der Waals surface area contributed by atoms with Crippen LogP contribution in [0.4, 0.5) is 5.82 Å². The maximum Gasteiger partial charge on any atom is 0.272 e. The Labute approximate surface area is 173 Å². The van der Waals surface area contributed by atoms with Crippen molar-refractivity contribution in [1.29, 1.82) is 0 Å². The Morgan fingerprint density at radius 3 is 2.57 bits per heavy atom. The van der Waals surface area contributed by atoms with Crippen LogP contribution in [0.2, 0.25) is 0 Å². The zero-order chi connectivity index (χ0) is 21.1. The van der Waals surface area contributed by atoms with E-state index in [-0.39, 0.29) is 29.7 Å². The lowest BCUT2D eigenvalue weighted by Crippen LogP contribution is -2.42. The first-order chi connectivity index (χ1) is 14.5. The maximum atomic E-state index is 12.8. The van der Waals surface area contributed by atoms with Crippen LogP contribution in [0, 0.1) is 12.8 Å². The van der Waals surface area contributed by atoms with Crippen LogP contribution >= 0.6 is 0 Å². The zero-order valence-corrected chi connectivity index (χ0v) is 16.7. The Morgan fingerprint density at radius 2 is 1.87 bits per heavy atom. The topological polar surface area (TPSA) is 108 Å². The normalized spacial score (nSPS) is 14.6. The molecule has 0 spiro atoms. The molecule has 2 aromatic heterocycles. The molecule has 0 saturated carbocycles. The second kappa shape index (κ2) is 8.44. The average Bonchev–Trinajstić information content (AvgIpc) is 2.77. The Morgan fingerprint density at radius 1 is 1.13 bits per heavy atom. The molecule has 8 nitrogen and oxygen atoms in total. The van der Waals surface area contributed by atoms with E-state index in [1.54, 1.807) is 35.4 Å². The molecule has 30 heavy (non-hydrogen) atoms. The summed E-state index contributed by atoms with van der Waals surface area (Å²) in [6.07, 6.45) is 3.03. The molecule has 8 heteroatoms. The number of carbonyl (C=O) groups excluding carboxylic acids is 2. The first kappa shape index (κ1) is 19.8. The van der Waals surface area contributed by atoms with Gasteiger partial charge in [-0.15, -0.1) is 0 Å². The summed E-state index contributed by atoms with van der Waals surface area (Å²) in [6, 6.07) is 10.8. The monoisotopic (exact) mass is 405 g/mol. The summed E-state index contributed by atoms with van der Waals surface area (Å²) in [6.45, 7) is 2.97. The van der Waals surface area contributed by atoms with Gasteiger partial charge in [0.15, 0.2) is 0 Å². The first-order valence-electron chi connectivity index (χ1n) is 9.99. The fourth-order valence-electron chi connectivity index (χ4n) is 3.72. The molecule has 1 aliphatic heterocycles. The third-order valence-corrected chi connectivity index (χ3v) is 5.47. The van der Waals surface area contributed by atoms with Gasteiger partial charge in [-0.25, -0.2) is 10.1 Å². The van der Waals surface area contributed by atoms with Gasteiger partial charge < -0.3 is 10.2 Å². The van der Waals surface area contributed by atoms with Crippen LogP contribution in [-0.4, -0.2) is 45.0 Å². The molecule has 2 N–H and O–H groups in total. The van der Waals surface area contributed by atoms with Gasteiger partial charge in [-0.2, -0.15) is 5.10 Å². The van der Waals surface area contributed by atoms with Gasteiger partial charge in [-0.1, -0.05) is 24.3 Å². The lowest BCUT2D eigenvalue weighted by molar-refractivity contribution is -0.133. The van der Waals surface area contributed by atoms with Crippen LogP contribution in [0.25, 0.3) is 10.8 Å². The zero-order valence-electron chi connectivity index (χ0n) is 16.7. The van der Waals surface area contributed by atoms with Crippen LogP contribution in [0.5, 0.6) is 0 Å². The van der Waals surface area contributed by atoms with Crippen molar-refractivity contribution in [2.45, 2.75) is 26.2 Å². The minimum Gasteiger partial charge on any atom is -0.342 e. The predicted octanol–water partition coefficient (Wildman–Crippen LogP) is 2.05. The summed E-state index contributed by atoms with van der Waals surface area (Å²) in [5.41, 5.74) is 1.32. The minimum atomic E-state index is -0.267. The Kier molecular flexibility index (Phi) is 5.56. The number of nitrogens with one attached hydrogen (secondary N) is 2. The maximum absolute atomic E-state index is 12.8. The van der Waals surface area contributed by atoms with Gasteiger partial charge in [0.2, 0.25) is 11.8 Å². The number of benzene rings is 1. The molecule has 1 aromatic carbocycles. The number of likely N-dealkylation sites (tertiary alicyclic amines) is 1. The van der Waals surface area contributed by atoms with Gasteiger partial charge in [0, 0.05) is 30.6 Å². The SMILES string of the molecule is Cc1ccc(NC(=O)C2CCN(C(=O)Cc3n[nH]c(=O)c4ccccc34)CC2)nc1. The Balaban J connectivity index is 1.36. The van der Waals surface area contributed by atoms with Crippen molar-refractivity contribution in [3.8, 4) is 0 Å². The van der Waals surface area contributed by atoms with Crippen molar-refractivity contribution in [1.82, 2.24) is 20.1 Å². The Hall–Kier alpha value is -3.55. The molecule has 4 rings (SSSR count). The quantitative estimate of drug-likeness (QED) is 0.691. The molecule has 0 atom stereocenters. The molecule has 0 radical (unpaired) electrons. The number of carbonyl (C=O) groups is 2. The number of H-pyrrole nitrogens is 1. The average molecular weight is 405 g/mol. The van der Waals surface area contributed by atoms with Gasteiger partial charge >= 0.3 is 0 Å². The highest BCUT2D eigenvalue weighted by Crippen LogP contribution is 2.21. The van der Waals surface area contributed by atoms with Crippen molar-refractivity contribution in [2.75, 3.05) is 18.4 Å². The van der Waals surface area contributed by atoms with Crippen molar-refractivity contribution < 1.29 is 9.59 Å². The highest BCUT2D eigenvalue weighted by molar-refractivity contribution is 5.92. The number of aromatic nitrogens is 3. The molecule has 154 valence electrons. The highest BCUT2D eigenvalue weighted by atomic mass is 16.2. The summed E-state index contributed by atoms with van der Waals surface area (Å²) in [4.78, 5) is 43.2. The number of aryl methyl sites for hydroxylation is 1. The fraction of sp³-hybridized carbons (Fsp3) is 0.318. The van der Waals surface area contributed by atoms with E-state index < -0.39 is 0 Å². The second-order valence-corrected chi connectivity index (χ2v) is 7.59. The van der Waals surface area contributed by atoms with Gasteiger partial charge in [-0.3, -0.25) is 14.4 Å². The van der Waals surface area contributed by atoms with Crippen molar-refractivity contribution in [3.05, 3.63) is 64.2 Å². The van der Waals surface area contributed by atoms with E-state index in [0.29, 0.717) is 48.2 Å². The van der Waals surface area contributed by atoms with E-state index in [0.717, 1.165) is 5.56 Å². The third-order valence-electron chi connectivity index (χ3n) is 5.47. The molecular weight excluding hydrogens is 382 g/mol. The summed E-state index contributed by atoms with van der Waals surface area (Å²) < 4.78 is 0. The molecule has 0 aliphatic carbocycles. The van der Waals surface area contributed by atoms with E-state index >= 15 is 0 Å². The number of hydrogen-bond donors (Lipinski definition) is 2. The van der Waals surface area contributed by atoms with Crippen LogP contribution in [0.3, 0.4) is 0 Å². The lowest BCUT2D eigenvalue weighted by Gasteiger charge is -2.31. The molecule has 1 fully saturated rings. The first-order valence-corrected chi connectivity index (χ1v) is 9.99. The molecule has 3 heterocycles. The summed E-state index contributed by atoms with van der Waals surface area (Å²) in [5.74, 6) is 0.273. The molecule has 0 unspecified atom stereocenters. The van der Waals surface area contributed by atoms with E-state index in [4.69, 9.17) is 0 Å². The van der Waals surface area contributed by atoms with Gasteiger partial charge in [0.25, 0.3) is 5.56 Å². The van der Waals surface area contributed by atoms with Crippen molar-refractivity contribution >= 4 is 28.4 Å². The number of fused-ring (bicyclic) bond motifs is 1. The predicted molar refractivity (Wildman–Crippen MR) is 113 cm³/mol. The number of pyridine rings is 1. The van der Waals surface area contributed by atoms with Crippen LogP contribution in [-0.2, 0) is 16.0 Å². The molecular formula is C22H23N5O3. The standard InChI is InChI=1S/C22H23N5O3/c1-14-6-7-19(23-13-14)24-21(29)15-8-10-27(11-9-15)20(28)12-18-16-4-2-3-5-17(16)22(30)26-25-18/h2-7,13,15H,8-12H2,1H3,(H,26,30)(H,23,24,29). The largest absolute Gasteiger partial charge is 0.342 e. The number of rotatable bonds is 4. The van der Waals surface area contributed by atoms with E-state index in [2.05, 4.69) is 20.5 Å². The summed E-state index contributed by atoms with van der Waals surface area (Å²) in [5, 5.41) is 10.6. The molecule has 1 saturated heterocycles. The minimum absolute atomic E-state index is 0.0567. The van der Waals surface area contributed by atoms with Crippen LogP contribution in [0.1, 0.15) is 24.1 Å². The van der Waals surface area contributed by atoms with Gasteiger partial charge in [0.1, 0.15) is 5.82 Å². The molecule has 0 bridgehead atoms. The number of piperidine rings is 1. The van der Waals surface area contributed by atoms with Crippen molar-refractivity contribution in [3.63, 3.8) is 0 Å². The molecule has 1 aliphatic rings. The number of nitrogens with zero attached hydrogens (tertiary/aromatic N) is 3. The smallest absolute Gasteiger partial charge is 0.272 e. The van der Waals surface area contributed by atoms with Crippen LogP contribution in [0.15, 0.2) is 47.4 Å². The fourth-order valence-corrected chi connectivity index (χ4v) is 3.72. The van der Waals surface area contributed by atoms with E-state index in [1.807, 2.05) is 19.1 Å². The van der Waals surface area contributed by atoms with E-state index in [9.17, 15) is 14.4 Å². The second-order valence-electron chi connectivity index (χ2n) is 7.59. The van der Waals surface area contributed by atoms with Gasteiger partial charge in [0.05, 0.1) is 17.5 Å². The Bertz CT molecular complexity index is 1130. The highest BCUT2D eigenvalue weighted by Gasteiger charge is 2.28. The van der Waals surface area contributed by atoms with Crippen LogP contribution < -0.4 is 10.9 Å². The number of hydrogen-bond acceptors (Lipinski definition) is 5. The third kappa shape index (κ3) is 4.22. The molecule has 2 amide bonds. The van der Waals surface area contributed by atoms with Gasteiger partial charge in [-0.05, 0) is 37.5 Å². The lowest BCUT2D eigenvalue weighted by atomic mass is 9.95. The number of amides is 2. The summed E-state index contributed by atoms with van der Waals surface area (Å²) in [7, 11) is 0. The number of anilines is 1. The van der Waals surface area contributed by atoms with E-state index in [1.165, 1.54) is 0 Å². The summed E-state index contributed by atoms with van der Waals surface area (Å²) >= 11 is 0. The molecule has 3 aromatic rings. The number of aromatic amines is 1. The van der Waals surface area contributed by atoms with Crippen molar-refractivity contribution in [2.24, 2.45) is 5.92 Å².